The highest BCUT2D eigenvalue weighted by atomic mass is 127. The van der Waals surface area contributed by atoms with Crippen LogP contribution >= 0.6 is 39.9 Å². The minimum Gasteiger partial charge on any atom is -0.493 e. The Labute approximate surface area is 183 Å². The van der Waals surface area contributed by atoms with Crippen LogP contribution in [0.25, 0.3) is 0 Å². The predicted molar refractivity (Wildman–Crippen MR) is 119 cm³/mol. The first-order chi connectivity index (χ1) is 12.5. The van der Waals surface area contributed by atoms with Gasteiger partial charge in [-0.25, -0.2) is 4.39 Å². The number of benzene rings is 2. The molecular weight excluding hydrogens is 532 g/mol. The standard InChI is InChI=1S/C18H21BrFN3O3.HI/c1-21-18(22-10-11-5-6-13(19)14(20)7-11)23-12-8-15(24-2)17(26-4)16(9-12)25-3;/h5-9H,10H2,1-4H3,(H2,21,22,23);1H. The average molecular weight is 554 g/mol. The summed E-state index contributed by atoms with van der Waals surface area (Å²) >= 11 is 3.14. The molecular formula is C18H22BrFIN3O3. The molecule has 2 rings (SSSR count). The Kier molecular flexibility index (Phi) is 9.64. The molecule has 0 aliphatic carbocycles. The number of methoxy groups -OCH3 is 3. The second kappa shape index (κ2) is 11.2. The third kappa shape index (κ3) is 6.13. The number of guanidine groups is 1. The summed E-state index contributed by atoms with van der Waals surface area (Å²) < 4.78 is 30.0. The maximum absolute atomic E-state index is 13.6. The summed E-state index contributed by atoms with van der Waals surface area (Å²) in [4.78, 5) is 4.17. The molecule has 0 saturated heterocycles. The number of nitrogens with one attached hydrogen (secondary N) is 2. The van der Waals surface area contributed by atoms with Gasteiger partial charge in [0, 0.05) is 31.4 Å². The third-order valence-electron chi connectivity index (χ3n) is 3.60. The smallest absolute Gasteiger partial charge is 0.203 e. The van der Waals surface area contributed by atoms with Crippen LogP contribution in [-0.4, -0.2) is 34.3 Å². The quantitative estimate of drug-likeness (QED) is 0.315. The molecule has 0 amide bonds. The first-order valence-corrected chi connectivity index (χ1v) is 8.53. The van der Waals surface area contributed by atoms with Crippen molar-refractivity contribution in [1.82, 2.24) is 5.32 Å². The largest absolute Gasteiger partial charge is 0.493 e. The summed E-state index contributed by atoms with van der Waals surface area (Å²) in [5, 5.41) is 6.27. The summed E-state index contributed by atoms with van der Waals surface area (Å²) in [5.41, 5.74) is 1.49. The van der Waals surface area contributed by atoms with Crippen molar-refractivity contribution in [2.45, 2.75) is 6.54 Å². The Morgan fingerprint density at radius 3 is 2.19 bits per heavy atom. The van der Waals surface area contributed by atoms with E-state index in [0.29, 0.717) is 39.9 Å². The number of rotatable bonds is 6. The van der Waals surface area contributed by atoms with Crippen LogP contribution in [0.2, 0.25) is 0 Å². The molecule has 27 heavy (non-hydrogen) atoms. The van der Waals surface area contributed by atoms with Crippen molar-refractivity contribution in [2.75, 3.05) is 33.7 Å². The number of aliphatic imine (C=N–C) groups is 1. The molecule has 148 valence electrons. The van der Waals surface area contributed by atoms with Crippen LogP contribution in [0.5, 0.6) is 17.2 Å². The van der Waals surface area contributed by atoms with Crippen LogP contribution in [0.4, 0.5) is 10.1 Å². The summed E-state index contributed by atoms with van der Waals surface area (Å²) in [7, 11) is 6.30. The SMILES string of the molecule is CN=C(NCc1ccc(Br)c(F)c1)Nc1cc(OC)c(OC)c(OC)c1.I. The Hall–Kier alpha value is -1.75. The highest BCUT2D eigenvalue weighted by Crippen LogP contribution is 2.39. The zero-order valence-electron chi connectivity index (χ0n) is 15.4. The molecule has 0 unspecified atom stereocenters. The van der Waals surface area contributed by atoms with Crippen molar-refractivity contribution in [3.63, 3.8) is 0 Å². The van der Waals surface area contributed by atoms with Crippen LogP contribution < -0.4 is 24.8 Å². The first kappa shape index (κ1) is 23.3. The number of hydrogen-bond acceptors (Lipinski definition) is 4. The van der Waals surface area contributed by atoms with E-state index in [-0.39, 0.29) is 29.8 Å². The van der Waals surface area contributed by atoms with E-state index in [0.717, 1.165) is 5.56 Å². The van der Waals surface area contributed by atoms with E-state index in [2.05, 4.69) is 31.6 Å². The maximum Gasteiger partial charge on any atom is 0.203 e. The number of hydrogen-bond donors (Lipinski definition) is 2. The summed E-state index contributed by atoms with van der Waals surface area (Å²) in [6, 6.07) is 8.50. The van der Waals surface area contributed by atoms with Crippen LogP contribution in [0.3, 0.4) is 0 Å². The molecule has 2 aromatic carbocycles. The van der Waals surface area contributed by atoms with Gasteiger partial charge >= 0.3 is 0 Å². The topological polar surface area (TPSA) is 64.1 Å². The molecule has 0 spiro atoms. The van der Waals surface area contributed by atoms with E-state index >= 15 is 0 Å². The lowest BCUT2D eigenvalue weighted by molar-refractivity contribution is 0.324. The number of anilines is 1. The Bertz CT molecular complexity index is 780. The number of halogens is 3. The molecule has 0 aliphatic heterocycles. The minimum absolute atomic E-state index is 0. The fourth-order valence-corrected chi connectivity index (χ4v) is 2.55. The lowest BCUT2D eigenvalue weighted by Gasteiger charge is -2.16. The van der Waals surface area contributed by atoms with Gasteiger partial charge in [0.15, 0.2) is 17.5 Å². The average Bonchev–Trinajstić information content (AvgIpc) is 2.66. The van der Waals surface area contributed by atoms with Crippen molar-refractivity contribution < 1.29 is 18.6 Å². The highest BCUT2D eigenvalue weighted by Gasteiger charge is 2.14. The zero-order valence-corrected chi connectivity index (χ0v) is 19.3. The van der Waals surface area contributed by atoms with Gasteiger partial charge in [0.2, 0.25) is 5.75 Å². The molecule has 9 heteroatoms. The van der Waals surface area contributed by atoms with E-state index in [1.165, 1.54) is 6.07 Å². The molecule has 0 fully saturated rings. The molecule has 2 aromatic rings. The van der Waals surface area contributed by atoms with Gasteiger partial charge in [-0.05, 0) is 33.6 Å². The van der Waals surface area contributed by atoms with Gasteiger partial charge in [-0.1, -0.05) is 6.07 Å². The van der Waals surface area contributed by atoms with E-state index in [1.54, 1.807) is 46.6 Å². The second-order valence-corrected chi connectivity index (χ2v) is 6.07. The van der Waals surface area contributed by atoms with Crippen molar-refractivity contribution >= 4 is 51.6 Å². The number of ether oxygens (including phenoxy) is 3. The maximum atomic E-state index is 13.6. The Balaban J connectivity index is 0.00000364. The zero-order chi connectivity index (χ0) is 19.1. The molecule has 2 N–H and O–H groups in total. The molecule has 0 atom stereocenters. The van der Waals surface area contributed by atoms with Crippen LogP contribution in [-0.2, 0) is 6.54 Å². The van der Waals surface area contributed by atoms with Crippen molar-refractivity contribution in [1.29, 1.82) is 0 Å². The summed E-state index contributed by atoms with van der Waals surface area (Å²) in [5.74, 6) is 1.77. The van der Waals surface area contributed by atoms with Gasteiger partial charge in [-0.15, -0.1) is 24.0 Å². The van der Waals surface area contributed by atoms with Crippen LogP contribution in [0.15, 0.2) is 39.8 Å². The van der Waals surface area contributed by atoms with Gasteiger partial charge in [-0.2, -0.15) is 0 Å². The second-order valence-electron chi connectivity index (χ2n) is 5.21. The highest BCUT2D eigenvalue weighted by molar-refractivity contribution is 14.0. The molecule has 0 saturated carbocycles. The van der Waals surface area contributed by atoms with E-state index in [9.17, 15) is 4.39 Å². The fraction of sp³-hybridized carbons (Fsp3) is 0.278. The summed E-state index contributed by atoms with van der Waals surface area (Å²) in [6.45, 7) is 0.411. The molecule has 0 aromatic heterocycles. The normalized spacial score (nSPS) is 10.7. The van der Waals surface area contributed by atoms with Crippen molar-refractivity contribution in [3.8, 4) is 17.2 Å². The Morgan fingerprint density at radius 1 is 1.07 bits per heavy atom. The fourth-order valence-electron chi connectivity index (χ4n) is 2.30. The number of nitrogens with zero attached hydrogens (tertiary/aromatic N) is 1. The van der Waals surface area contributed by atoms with Gasteiger partial charge in [-0.3, -0.25) is 4.99 Å². The van der Waals surface area contributed by atoms with E-state index in [4.69, 9.17) is 14.2 Å². The van der Waals surface area contributed by atoms with Crippen LogP contribution in [0.1, 0.15) is 5.56 Å². The van der Waals surface area contributed by atoms with Gasteiger partial charge < -0.3 is 24.8 Å². The molecule has 0 radical (unpaired) electrons. The van der Waals surface area contributed by atoms with E-state index in [1.807, 2.05) is 6.07 Å². The third-order valence-corrected chi connectivity index (χ3v) is 4.24. The van der Waals surface area contributed by atoms with E-state index < -0.39 is 0 Å². The Morgan fingerprint density at radius 2 is 1.70 bits per heavy atom. The monoisotopic (exact) mass is 553 g/mol. The van der Waals surface area contributed by atoms with Gasteiger partial charge in [0.05, 0.1) is 25.8 Å². The molecule has 0 heterocycles. The lowest BCUT2D eigenvalue weighted by atomic mass is 10.2. The van der Waals surface area contributed by atoms with Gasteiger partial charge in [0.1, 0.15) is 5.82 Å². The van der Waals surface area contributed by atoms with Crippen molar-refractivity contribution in [2.24, 2.45) is 4.99 Å². The lowest BCUT2D eigenvalue weighted by Crippen LogP contribution is -2.30. The summed E-state index contributed by atoms with van der Waals surface area (Å²) in [6.07, 6.45) is 0. The van der Waals surface area contributed by atoms with Crippen LogP contribution in [0, 0.1) is 5.82 Å². The minimum atomic E-state index is -0.308. The predicted octanol–water partition coefficient (Wildman–Crippen LogP) is 4.42. The van der Waals surface area contributed by atoms with Gasteiger partial charge in [0.25, 0.3) is 0 Å². The van der Waals surface area contributed by atoms with Crippen molar-refractivity contribution in [3.05, 3.63) is 46.2 Å². The molecule has 6 nitrogen and oxygen atoms in total. The first-order valence-electron chi connectivity index (χ1n) is 7.74. The molecule has 0 bridgehead atoms. The molecule has 0 aliphatic rings.